The van der Waals surface area contributed by atoms with Crippen LogP contribution in [-0.4, -0.2) is 45.2 Å². The van der Waals surface area contributed by atoms with Crippen LogP contribution in [0.4, 0.5) is 0 Å². The van der Waals surface area contributed by atoms with Gasteiger partial charge in [0.05, 0.1) is 6.04 Å². The summed E-state index contributed by atoms with van der Waals surface area (Å²) < 4.78 is 0. The Bertz CT molecular complexity index is 1180. The average Bonchev–Trinajstić information content (AvgIpc) is 3.44. The number of piperazine rings is 1. The third-order valence-electron chi connectivity index (χ3n) is 7.24. The number of para-hydroxylation sites is 1. The molecule has 3 aromatic rings. The number of carbonyl (C=O) groups is 2. The molecule has 0 unspecified atom stereocenters. The van der Waals surface area contributed by atoms with E-state index in [-0.39, 0.29) is 30.4 Å². The molecule has 1 aromatic heterocycles. The summed E-state index contributed by atoms with van der Waals surface area (Å²) in [7, 11) is 0. The summed E-state index contributed by atoms with van der Waals surface area (Å²) in [5.41, 5.74) is 4.16. The number of nitrogens with zero attached hydrogens (tertiary/aromatic N) is 2. The molecule has 0 spiro atoms. The van der Waals surface area contributed by atoms with Crippen LogP contribution >= 0.6 is 11.6 Å². The van der Waals surface area contributed by atoms with E-state index < -0.39 is 6.04 Å². The second-order valence-corrected chi connectivity index (χ2v) is 9.38. The van der Waals surface area contributed by atoms with Crippen molar-refractivity contribution in [3.63, 3.8) is 0 Å². The van der Waals surface area contributed by atoms with Gasteiger partial charge in [0.25, 0.3) is 0 Å². The Balaban J connectivity index is 1.51. The van der Waals surface area contributed by atoms with Gasteiger partial charge < -0.3 is 14.8 Å². The largest absolute Gasteiger partial charge is 0.356 e. The molecule has 158 valence electrons. The molecule has 0 radical (unpaired) electrons. The zero-order valence-corrected chi connectivity index (χ0v) is 17.9. The van der Waals surface area contributed by atoms with E-state index >= 15 is 0 Å². The first kappa shape index (κ1) is 18.9. The molecular formula is C25H24ClN3O2. The van der Waals surface area contributed by atoms with Crippen molar-refractivity contribution in [2.24, 2.45) is 0 Å². The van der Waals surface area contributed by atoms with Crippen LogP contribution in [0.5, 0.6) is 0 Å². The van der Waals surface area contributed by atoms with Gasteiger partial charge in [-0.2, -0.15) is 0 Å². The summed E-state index contributed by atoms with van der Waals surface area (Å²) in [6, 6.07) is 15.2. The number of nitrogens with one attached hydrogen (secondary N) is 1. The molecule has 2 aromatic carbocycles. The van der Waals surface area contributed by atoms with Gasteiger partial charge in [-0.25, -0.2) is 0 Å². The molecule has 2 fully saturated rings. The molecule has 1 N–H and O–H groups in total. The van der Waals surface area contributed by atoms with E-state index in [0.29, 0.717) is 11.4 Å². The lowest BCUT2D eigenvalue weighted by Gasteiger charge is -2.48. The number of aromatic amines is 1. The normalized spacial score (nSPS) is 24.0. The van der Waals surface area contributed by atoms with E-state index in [1.165, 1.54) is 0 Å². The van der Waals surface area contributed by atoms with Crippen LogP contribution in [0.3, 0.4) is 0 Å². The van der Waals surface area contributed by atoms with Crippen molar-refractivity contribution in [3.05, 3.63) is 70.4 Å². The van der Waals surface area contributed by atoms with Crippen LogP contribution in [0.1, 0.15) is 48.5 Å². The van der Waals surface area contributed by atoms with Crippen molar-refractivity contribution >= 4 is 34.3 Å². The molecule has 3 aliphatic rings. The number of aromatic nitrogens is 1. The number of H-pyrrole nitrogens is 1. The summed E-state index contributed by atoms with van der Waals surface area (Å²) >= 11 is 6.15. The van der Waals surface area contributed by atoms with Crippen LogP contribution in [0, 0.1) is 0 Å². The maximum Gasteiger partial charge on any atom is 0.246 e. The van der Waals surface area contributed by atoms with Gasteiger partial charge in [0.15, 0.2) is 0 Å². The summed E-state index contributed by atoms with van der Waals surface area (Å²) in [6.07, 6.45) is 4.83. The second-order valence-electron chi connectivity index (χ2n) is 8.94. The van der Waals surface area contributed by atoms with Crippen molar-refractivity contribution in [1.29, 1.82) is 0 Å². The highest BCUT2D eigenvalue weighted by molar-refractivity contribution is 6.30. The van der Waals surface area contributed by atoms with Gasteiger partial charge in [0.1, 0.15) is 12.6 Å². The average molecular weight is 434 g/mol. The minimum absolute atomic E-state index is 0.0285. The monoisotopic (exact) mass is 433 g/mol. The van der Waals surface area contributed by atoms with Crippen molar-refractivity contribution < 1.29 is 9.59 Å². The Morgan fingerprint density at radius 1 is 0.968 bits per heavy atom. The van der Waals surface area contributed by atoms with Crippen LogP contribution in [0.15, 0.2) is 48.5 Å². The van der Waals surface area contributed by atoms with Gasteiger partial charge in [-0.3, -0.25) is 9.59 Å². The number of halogens is 1. The lowest BCUT2D eigenvalue weighted by molar-refractivity contribution is -0.160. The first-order valence-corrected chi connectivity index (χ1v) is 11.5. The van der Waals surface area contributed by atoms with Gasteiger partial charge in [-0.05, 0) is 42.2 Å². The molecule has 31 heavy (non-hydrogen) atoms. The summed E-state index contributed by atoms with van der Waals surface area (Å²) in [5.74, 6) is 0.127. The number of hydrogen-bond donors (Lipinski definition) is 1. The van der Waals surface area contributed by atoms with Crippen molar-refractivity contribution in [2.45, 2.75) is 50.2 Å². The molecule has 0 bridgehead atoms. The highest BCUT2D eigenvalue weighted by atomic mass is 35.5. The molecule has 2 amide bonds. The zero-order valence-electron chi connectivity index (χ0n) is 17.2. The van der Waals surface area contributed by atoms with Crippen LogP contribution in [0.25, 0.3) is 10.9 Å². The number of rotatable bonds is 2. The Hall–Kier alpha value is -2.79. The topological polar surface area (TPSA) is 56.4 Å². The maximum atomic E-state index is 13.7. The van der Waals surface area contributed by atoms with Crippen LogP contribution in [-0.2, 0) is 16.0 Å². The van der Waals surface area contributed by atoms with E-state index in [1.807, 2.05) is 46.2 Å². The zero-order chi connectivity index (χ0) is 21.1. The van der Waals surface area contributed by atoms with Crippen molar-refractivity contribution in [1.82, 2.24) is 14.8 Å². The Kier molecular flexibility index (Phi) is 4.35. The minimum Gasteiger partial charge on any atom is -0.356 e. The smallest absolute Gasteiger partial charge is 0.246 e. The van der Waals surface area contributed by atoms with Crippen molar-refractivity contribution in [2.75, 3.05) is 6.54 Å². The van der Waals surface area contributed by atoms with Gasteiger partial charge in [0.2, 0.25) is 11.8 Å². The van der Waals surface area contributed by atoms with Crippen molar-refractivity contribution in [3.8, 4) is 0 Å². The first-order chi connectivity index (χ1) is 15.1. The standard InChI is InChI=1S/C25H24ClN3O2/c26-16-11-9-15(10-12-16)24-23-19(18-7-3-4-8-20(18)27-23)13-21-25(31)28(14-22(30)29(21)24)17-5-1-2-6-17/h3-4,7-12,17,21,24,27H,1-2,5-6,13-14H2/t21-,24-/m0/s1. The quantitative estimate of drug-likeness (QED) is 0.649. The maximum absolute atomic E-state index is 13.7. The molecular weight excluding hydrogens is 410 g/mol. The van der Waals surface area contributed by atoms with E-state index in [1.54, 1.807) is 0 Å². The molecule has 2 aliphatic heterocycles. The second kappa shape index (κ2) is 7.13. The molecule has 6 heteroatoms. The summed E-state index contributed by atoms with van der Waals surface area (Å²) in [4.78, 5) is 34.5. The van der Waals surface area contributed by atoms with Gasteiger partial charge in [0, 0.05) is 34.1 Å². The molecule has 5 nitrogen and oxygen atoms in total. The number of fused-ring (bicyclic) bond motifs is 4. The third kappa shape index (κ3) is 2.90. The predicted molar refractivity (Wildman–Crippen MR) is 120 cm³/mol. The minimum atomic E-state index is -0.464. The lowest BCUT2D eigenvalue weighted by atomic mass is 9.86. The molecule has 6 rings (SSSR count). The number of hydrogen-bond acceptors (Lipinski definition) is 2. The Morgan fingerprint density at radius 3 is 2.48 bits per heavy atom. The van der Waals surface area contributed by atoms with Gasteiger partial charge in [-0.1, -0.05) is 54.8 Å². The first-order valence-electron chi connectivity index (χ1n) is 11.1. The van der Waals surface area contributed by atoms with E-state index in [0.717, 1.165) is 53.4 Å². The summed E-state index contributed by atoms with van der Waals surface area (Å²) in [5, 5.41) is 1.79. The van der Waals surface area contributed by atoms with Crippen LogP contribution in [0.2, 0.25) is 5.02 Å². The Labute approximate surface area is 186 Å². The van der Waals surface area contributed by atoms with E-state index in [4.69, 9.17) is 11.6 Å². The summed E-state index contributed by atoms with van der Waals surface area (Å²) in [6.45, 7) is 0.180. The molecule has 1 aliphatic carbocycles. The fraction of sp³-hybridized carbons (Fsp3) is 0.360. The van der Waals surface area contributed by atoms with E-state index in [9.17, 15) is 9.59 Å². The lowest BCUT2D eigenvalue weighted by Crippen LogP contribution is -2.64. The highest BCUT2D eigenvalue weighted by Crippen LogP contribution is 2.43. The highest BCUT2D eigenvalue weighted by Gasteiger charge is 2.49. The Morgan fingerprint density at radius 2 is 1.71 bits per heavy atom. The van der Waals surface area contributed by atoms with Gasteiger partial charge >= 0.3 is 0 Å². The third-order valence-corrected chi connectivity index (χ3v) is 7.50. The predicted octanol–water partition coefficient (Wildman–Crippen LogP) is 4.45. The number of amides is 2. The molecule has 1 saturated heterocycles. The van der Waals surface area contributed by atoms with Gasteiger partial charge in [-0.15, -0.1) is 0 Å². The number of benzene rings is 2. The fourth-order valence-corrected chi connectivity index (χ4v) is 5.93. The number of carbonyl (C=O) groups excluding carboxylic acids is 2. The molecule has 2 atom stereocenters. The SMILES string of the molecule is O=C1[C@@H]2Cc3c([nH]c4ccccc34)[C@H](c3ccc(Cl)cc3)N2C(=O)CN1C1CCCC1. The van der Waals surface area contributed by atoms with E-state index in [2.05, 4.69) is 17.1 Å². The fourth-order valence-electron chi connectivity index (χ4n) is 5.80. The van der Waals surface area contributed by atoms with Crippen LogP contribution < -0.4 is 0 Å². The molecule has 1 saturated carbocycles. The molecule has 3 heterocycles.